The van der Waals surface area contributed by atoms with Crippen molar-refractivity contribution in [1.82, 2.24) is 10.2 Å². The molecule has 0 spiro atoms. The van der Waals surface area contributed by atoms with E-state index >= 15 is 0 Å². The van der Waals surface area contributed by atoms with Gasteiger partial charge in [-0.1, -0.05) is 11.6 Å². The van der Waals surface area contributed by atoms with Gasteiger partial charge in [0.25, 0.3) is 0 Å². The van der Waals surface area contributed by atoms with Gasteiger partial charge in [0.05, 0.1) is 18.7 Å². The summed E-state index contributed by atoms with van der Waals surface area (Å²) in [5, 5.41) is 3.64. The fraction of sp³-hybridized carbons (Fsp3) is 0.556. The third kappa shape index (κ3) is 4.07. The molecule has 0 aliphatic carbocycles. The number of amides is 2. The topological polar surface area (TPSA) is 61.9 Å². The van der Waals surface area contributed by atoms with E-state index in [0.717, 1.165) is 25.9 Å². The molecule has 0 radical (unpaired) electrons. The molecular weight excluding hydrogens is 342 g/mol. The highest BCUT2D eigenvalue weighted by molar-refractivity contribution is 6.31. The Labute approximate surface area is 153 Å². The van der Waals surface area contributed by atoms with E-state index in [1.165, 1.54) is 0 Å². The van der Waals surface area contributed by atoms with Gasteiger partial charge in [-0.25, -0.2) is 0 Å². The van der Waals surface area contributed by atoms with E-state index in [1.807, 2.05) is 0 Å². The van der Waals surface area contributed by atoms with Crippen LogP contribution in [0.4, 0.5) is 5.69 Å². The number of benzene rings is 1. The summed E-state index contributed by atoms with van der Waals surface area (Å²) in [6.45, 7) is 2.33. The van der Waals surface area contributed by atoms with Gasteiger partial charge in [-0.2, -0.15) is 0 Å². The summed E-state index contributed by atoms with van der Waals surface area (Å²) in [7, 11) is 3.64. The van der Waals surface area contributed by atoms with Crippen molar-refractivity contribution in [2.24, 2.45) is 5.92 Å². The Hall–Kier alpha value is -1.79. The second kappa shape index (κ2) is 7.62. The maximum absolute atomic E-state index is 12.6. The van der Waals surface area contributed by atoms with Crippen molar-refractivity contribution < 1.29 is 14.3 Å². The van der Waals surface area contributed by atoms with E-state index < -0.39 is 0 Å². The SMILES string of the molecule is COc1ccc(Cl)cc1N1CC(C(=O)NC2CCN(C)CC2)CC1=O. The molecule has 0 aromatic heterocycles. The molecular formula is C18H24ClN3O3. The van der Waals surface area contributed by atoms with Crippen molar-refractivity contribution in [1.29, 1.82) is 0 Å². The lowest BCUT2D eigenvalue weighted by Gasteiger charge is -2.30. The number of carbonyl (C=O) groups excluding carboxylic acids is 2. The van der Waals surface area contributed by atoms with Crippen LogP contribution >= 0.6 is 11.6 Å². The zero-order chi connectivity index (χ0) is 18.0. The smallest absolute Gasteiger partial charge is 0.227 e. The summed E-state index contributed by atoms with van der Waals surface area (Å²) in [5.41, 5.74) is 0.620. The van der Waals surface area contributed by atoms with Crippen LogP contribution in [0.25, 0.3) is 0 Å². The third-order valence-electron chi connectivity index (χ3n) is 4.99. The Kier molecular flexibility index (Phi) is 5.49. The van der Waals surface area contributed by atoms with Crippen molar-refractivity contribution in [2.45, 2.75) is 25.3 Å². The van der Waals surface area contributed by atoms with Crippen molar-refractivity contribution in [3.05, 3.63) is 23.2 Å². The van der Waals surface area contributed by atoms with Gasteiger partial charge in [0.2, 0.25) is 11.8 Å². The lowest BCUT2D eigenvalue weighted by atomic mass is 10.0. The lowest BCUT2D eigenvalue weighted by Crippen LogP contribution is -2.45. The van der Waals surface area contributed by atoms with Crippen LogP contribution in [0.3, 0.4) is 0 Å². The minimum Gasteiger partial charge on any atom is -0.495 e. The molecule has 2 saturated heterocycles. The number of piperidine rings is 1. The van der Waals surface area contributed by atoms with Crippen LogP contribution in [0.5, 0.6) is 5.75 Å². The van der Waals surface area contributed by atoms with E-state index in [1.54, 1.807) is 30.2 Å². The molecule has 1 aromatic rings. The molecule has 1 N–H and O–H groups in total. The summed E-state index contributed by atoms with van der Waals surface area (Å²) in [5.74, 6) is 0.125. The van der Waals surface area contributed by atoms with E-state index in [0.29, 0.717) is 23.0 Å². The Morgan fingerprint density at radius 1 is 1.32 bits per heavy atom. The van der Waals surface area contributed by atoms with Gasteiger partial charge < -0.3 is 19.9 Å². The Morgan fingerprint density at radius 2 is 2.04 bits per heavy atom. The number of nitrogens with zero attached hydrogens (tertiary/aromatic N) is 2. The van der Waals surface area contributed by atoms with Crippen LogP contribution < -0.4 is 15.0 Å². The normalized spacial score (nSPS) is 22.3. The molecule has 2 amide bonds. The van der Waals surface area contributed by atoms with Gasteiger partial charge in [0.1, 0.15) is 5.75 Å². The highest BCUT2D eigenvalue weighted by Gasteiger charge is 2.37. The van der Waals surface area contributed by atoms with E-state index in [-0.39, 0.29) is 30.2 Å². The molecule has 2 heterocycles. The minimum absolute atomic E-state index is 0.0357. The van der Waals surface area contributed by atoms with Gasteiger partial charge >= 0.3 is 0 Å². The molecule has 136 valence electrons. The number of hydrogen-bond acceptors (Lipinski definition) is 4. The lowest BCUT2D eigenvalue weighted by molar-refractivity contribution is -0.127. The first kappa shape index (κ1) is 18.0. The average molecular weight is 366 g/mol. The maximum Gasteiger partial charge on any atom is 0.227 e. The summed E-state index contributed by atoms with van der Waals surface area (Å²) in [4.78, 5) is 28.9. The summed E-state index contributed by atoms with van der Waals surface area (Å²) >= 11 is 6.06. The number of likely N-dealkylation sites (tertiary alicyclic amines) is 1. The number of rotatable bonds is 4. The van der Waals surface area contributed by atoms with Crippen LogP contribution in [-0.2, 0) is 9.59 Å². The van der Waals surface area contributed by atoms with Gasteiger partial charge in [-0.3, -0.25) is 9.59 Å². The van der Waals surface area contributed by atoms with Gasteiger partial charge in [-0.15, -0.1) is 0 Å². The highest BCUT2D eigenvalue weighted by atomic mass is 35.5. The number of anilines is 1. The molecule has 7 heteroatoms. The quantitative estimate of drug-likeness (QED) is 0.885. The summed E-state index contributed by atoms with van der Waals surface area (Å²) in [6, 6.07) is 5.36. The molecule has 25 heavy (non-hydrogen) atoms. The maximum atomic E-state index is 12.6. The first-order valence-electron chi connectivity index (χ1n) is 8.60. The predicted molar refractivity (Wildman–Crippen MR) is 97.1 cm³/mol. The summed E-state index contributed by atoms with van der Waals surface area (Å²) < 4.78 is 5.33. The van der Waals surface area contributed by atoms with Crippen molar-refractivity contribution in [3.63, 3.8) is 0 Å². The number of ether oxygens (including phenoxy) is 1. The molecule has 1 atom stereocenters. The molecule has 6 nitrogen and oxygen atoms in total. The zero-order valence-corrected chi connectivity index (χ0v) is 15.4. The van der Waals surface area contributed by atoms with Crippen LogP contribution in [0.15, 0.2) is 18.2 Å². The monoisotopic (exact) mass is 365 g/mol. The second-order valence-corrected chi connectivity index (χ2v) is 7.24. The van der Waals surface area contributed by atoms with Crippen molar-refractivity contribution in [3.8, 4) is 5.75 Å². The Morgan fingerprint density at radius 3 is 2.72 bits per heavy atom. The summed E-state index contributed by atoms with van der Waals surface area (Å²) in [6.07, 6.45) is 2.12. The number of nitrogens with one attached hydrogen (secondary N) is 1. The van der Waals surface area contributed by atoms with Crippen LogP contribution in [0.2, 0.25) is 5.02 Å². The Bertz CT molecular complexity index is 659. The van der Waals surface area contributed by atoms with Crippen molar-refractivity contribution >= 4 is 29.1 Å². The molecule has 2 aliphatic rings. The Balaban J connectivity index is 1.66. The minimum atomic E-state index is -0.337. The third-order valence-corrected chi connectivity index (χ3v) is 5.23. The van der Waals surface area contributed by atoms with Gasteiger partial charge in [-0.05, 0) is 51.2 Å². The predicted octanol–water partition coefficient (Wildman–Crippen LogP) is 1.91. The molecule has 2 fully saturated rings. The fourth-order valence-electron chi connectivity index (χ4n) is 3.46. The molecule has 1 unspecified atom stereocenters. The number of hydrogen-bond donors (Lipinski definition) is 1. The van der Waals surface area contributed by atoms with Gasteiger partial charge in [0.15, 0.2) is 0 Å². The van der Waals surface area contributed by atoms with Crippen LogP contribution in [0.1, 0.15) is 19.3 Å². The van der Waals surface area contributed by atoms with E-state index in [9.17, 15) is 9.59 Å². The standard InChI is InChI=1S/C18H24ClN3O3/c1-21-7-5-14(6-8-21)20-18(24)12-9-17(23)22(11-12)15-10-13(19)3-4-16(15)25-2/h3-4,10,12,14H,5-9,11H2,1-2H3,(H,20,24). The first-order chi connectivity index (χ1) is 12.0. The van der Waals surface area contributed by atoms with Crippen LogP contribution in [0, 0.1) is 5.92 Å². The highest BCUT2D eigenvalue weighted by Crippen LogP contribution is 2.35. The molecule has 2 aliphatic heterocycles. The fourth-order valence-corrected chi connectivity index (χ4v) is 3.63. The average Bonchev–Trinajstić information content (AvgIpc) is 2.98. The molecule has 0 bridgehead atoms. The van der Waals surface area contributed by atoms with Gasteiger partial charge in [0, 0.05) is 24.0 Å². The molecule has 3 rings (SSSR count). The second-order valence-electron chi connectivity index (χ2n) is 6.81. The number of halogens is 1. The van der Waals surface area contributed by atoms with E-state index in [4.69, 9.17) is 16.3 Å². The zero-order valence-electron chi connectivity index (χ0n) is 14.6. The number of methoxy groups -OCH3 is 1. The first-order valence-corrected chi connectivity index (χ1v) is 8.98. The number of carbonyl (C=O) groups is 2. The van der Waals surface area contributed by atoms with Crippen LogP contribution in [-0.4, -0.2) is 56.5 Å². The van der Waals surface area contributed by atoms with Crippen molar-refractivity contribution in [2.75, 3.05) is 38.7 Å². The molecule has 1 aromatic carbocycles. The van der Waals surface area contributed by atoms with E-state index in [2.05, 4.69) is 17.3 Å². The molecule has 0 saturated carbocycles. The largest absolute Gasteiger partial charge is 0.495 e.